The highest BCUT2D eigenvalue weighted by molar-refractivity contribution is 6.30. The fourth-order valence-corrected chi connectivity index (χ4v) is 1.40. The van der Waals surface area contributed by atoms with E-state index in [1.807, 2.05) is 0 Å². The van der Waals surface area contributed by atoms with E-state index in [0.29, 0.717) is 0 Å². The summed E-state index contributed by atoms with van der Waals surface area (Å²) in [7, 11) is 0. The molecule has 15 heavy (non-hydrogen) atoms. The maximum atomic E-state index is 12.4. The molecule has 1 aromatic heterocycles. The summed E-state index contributed by atoms with van der Waals surface area (Å²) in [5.41, 5.74) is -3.04. The first-order valence-corrected chi connectivity index (χ1v) is 4.13. The van der Waals surface area contributed by atoms with Crippen molar-refractivity contribution >= 4 is 11.6 Å². The van der Waals surface area contributed by atoms with E-state index in [9.17, 15) is 22.0 Å². The topological polar surface area (TPSA) is 12.9 Å². The fraction of sp³-hybridized carbons (Fsp3) is 0.375. The molecule has 0 spiro atoms. The van der Waals surface area contributed by atoms with Gasteiger partial charge in [0, 0.05) is 6.20 Å². The molecule has 0 aliphatic carbocycles. The molecular formula is C8H5ClF5N. The van der Waals surface area contributed by atoms with Gasteiger partial charge in [-0.1, -0.05) is 11.6 Å². The molecule has 0 bridgehead atoms. The average molecular weight is 246 g/mol. The van der Waals surface area contributed by atoms with Crippen LogP contribution >= 0.6 is 11.6 Å². The number of aryl methyl sites for hydroxylation is 1. The van der Waals surface area contributed by atoms with Crippen molar-refractivity contribution in [2.45, 2.75) is 19.5 Å². The fourth-order valence-electron chi connectivity index (χ4n) is 1.18. The molecule has 1 aromatic rings. The van der Waals surface area contributed by atoms with Crippen LogP contribution in [0.2, 0.25) is 5.15 Å². The van der Waals surface area contributed by atoms with E-state index < -0.39 is 28.9 Å². The predicted octanol–water partition coefficient (Wildman–Crippen LogP) is 4.00. The van der Waals surface area contributed by atoms with Crippen molar-refractivity contribution in [3.05, 3.63) is 28.0 Å². The van der Waals surface area contributed by atoms with Gasteiger partial charge in [-0.3, -0.25) is 0 Å². The van der Waals surface area contributed by atoms with Crippen molar-refractivity contribution in [1.82, 2.24) is 4.98 Å². The van der Waals surface area contributed by atoms with E-state index in [2.05, 4.69) is 4.98 Å². The van der Waals surface area contributed by atoms with Crippen molar-refractivity contribution in [2.75, 3.05) is 0 Å². The largest absolute Gasteiger partial charge is 0.417 e. The molecule has 0 atom stereocenters. The number of alkyl halides is 5. The van der Waals surface area contributed by atoms with Gasteiger partial charge in [0.2, 0.25) is 0 Å². The van der Waals surface area contributed by atoms with Gasteiger partial charge in [0.25, 0.3) is 6.43 Å². The Hall–Kier alpha value is -0.910. The number of rotatable bonds is 1. The first-order valence-electron chi connectivity index (χ1n) is 3.75. The van der Waals surface area contributed by atoms with Gasteiger partial charge in [-0.15, -0.1) is 0 Å². The highest BCUT2D eigenvalue weighted by atomic mass is 35.5. The smallest absolute Gasteiger partial charge is 0.244 e. The standard InChI is InChI=1S/C8H5ClF5N/c1-3-2-15-6(9)4(7(10)11)5(3)8(12,13)14/h2,7H,1H3. The highest BCUT2D eigenvalue weighted by Gasteiger charge is 2.39. The lowest BCUT2D eigenvalue weighted by Crippen LogP contribution is -2.13. The Morgan fingerprint density at radius 1 is 1.33 bits per heavy atom. The Bertz CT molecular complexity index is 374. The molecule has 7 heteroatoms. The van der Waals surface area contributed by atoms with Crippen molar-refractivity contribution in [2.24, 2.45) is 0 Å². The molecule has 0 aliphatic heterocycles. The van der Waals surface area contributed by atoms with Crippen LogP contribution in [-0.2, 0) is 6.18 Å². The van der Waals surface area contributed by atoms with Crippen molar-refractivity contribution in [1.29, 1.82) is 0 Å². The third-order valence-corrected chi connectivity index (χ3v) is 2.06. The molecule has 0 aromatic carbocycles. The van der Waals surface area contributed by atoms with Gasteiger partial charge in [-0.2, -0.15) is 13.2 Å². The Labute approximate surface area is 86.9 Å². The third-order valence-electron chi connectivity index (χ3n) is 1.76. The molecule has 0 fully saturated rings. The molecule has 0 saturated carbocycles. The van der Waals surface area contributed by atoms with Crippen LogP contribution in [0.5, 0.6) is 0 Å². The summed E-state index contributed by atoms with van der Waals surface area (Å²) < 4.78 is 62.0. The van der Waals surface area contributed by atoms with E-state index >= 15 is 0 Å². The average Bonchev–Trinajstić information content (AvgIpc) is 2.05. The molecular weight excluding hydrogens is 241 g/mol. The van der Waals surface area contributed by atoms with Crippen molar-refractivity contribution in [3.63, 3.8) is 0 Å². The molecule has 1 rings (SSSR count). The SMILES string of the molecule is Cc1cnc(Cl)c(C(F)F)c1C(F)(F)F. The monoisotopic (exact) mass is 245 g/mol. The Kier molecular flexibility index (Phi) is 3.18. The van der Waals surface area contributed by atoms with Gasteiger partial charge in [0.1, 0.15) is 5.15 Å². The number of hydrogen-bond acceptors (Lipinski definition) is 1. The maximum absolute atomic E-state index is 12.4. The third kappa shape index (κ3) is 2.37. The maximum Gasteiger partial charge on any atom is 0.417 e. The van der Waals surface area contributed by atoms with Crippen LogP contribution in [0.25, 0.3) is 0 Å². The molecule has 1 heterocycles. The normalized spacial score (nSPS) is 12.3. The Morgan fingerprint density at radius 3 is 2.20 bits per heavy atom. The lowest BCUT2D eigenvalue weighted by Gasteiger charge is -2.15. The summed E-state index contributed by atoms with van der Waals surface area (Å²) in [5.74, 6) is 0. The Morgan fingerprint density at radius 2 is 1.87 bits per heavy atom. The van der Waals surface area contributed by atoms with Crippen molar-refractivity contribution in [3.8, 4) is 0 Å². The van der Waals surface area contributed by atoms with Crippen molar-refractivity contribution < 1.29 is 22.0 Å². The second kappa shape index (κ2) is 3.92. The van der Waals surface area contributed by atoms with E-state index in [4.69, 9.17) is 11.6 Å². The quantitative estimate of drug-likeness (QED) is 0.538. The summed E-state index contributed by atoms with van der Waals surface area (Å²) in [6.45, 7) is 1.05. The zero-order valence-electron chi connectivity index (χ0n) is 7.37. The van der Waals surface area contributed by atoms with Gasteiger partial charge in [-0.05, 0) is 12.5 Å². The molecule has 0 unspecified atom stereocenters. The van der Waals surface area contributed by atoms with Crippen LogP contribution in [0.1, 0.15) is 23.1 Å². The zero-order valence-corrected chi connectivity index (χ0v) is 8.13. The molecule has 84 valence electrons. The molecule has 1 nitrogen and oxygen atoms in total. The highest BCUT2D eigenvalue weighted by Crippen LogP contribution is 2.40. The van der Waals surface area contributed by atoms with E-state index in [-0.39, 0.29) is 5.56 Å². The summed E-state index contributed by atoms with van der Waals surface area (Å²) in [6.07, 6.45) is -7.35. The minimum Gasteiger partial charge on any atom is -0.244 e. The number of hydrogen-bond donors (Lipinski definition) is 0. The van der Waals surface area contributed by atoms with Gasteiger partial charge in [0.05, 0.1) is 11.1 Å². The summed E-state index contributed by atoms with van der Waals surface area (Å²) in [5, 5.41) is -0.817. The lowest BCUT2D eigenvalue weighted by molar-refractivity contribution is -0.140. The van der Waals surface area contributed by atoms with E-state index in [0.717, 1.165) is 13.1 Å². The van der Waals surface area contributed by atoms with Crippen LogP contribution in [0.15, 0.2) is 6.20 Å². The predicted molar refractivity (Wildman–Crippen MR) is 43.9 cm³/mol. The number of halogens is 6. The van der Waals surface area contributed by atoms with Gasteiger partial charge in [-0.25, -0.2) is 13.8 Å². The zero-order chi connectivity index (χ0) is 11.8. The van der Waals surface area contributed by atoms with E-state index in [1.165, 1.54) is 0 Å². The van der Waals surface area contributed by atoms with Gasteiger partial charge < -0.3 is 0 Å². The van der Waals surface area contributed by atoms with Crippen LogP contribution in [-0.4, -0.2) is 4.98 Å². The first kappa shape index (κ1) is 12.2. The second-order valence-electron chi connectivity index (χ2n) is 2.82. The van der Waals surface area contributed by atoms with Gasteiger partial charge in [0.15, 0.2) is 0 Å². The molecule has 0 saturated heterocycles. The first-order chi connectivity index (χ1) is 6.75. The molecule has 0 aliphatic rings. The number of pyridine rings is 1. The van der Waals surface area contributed by atoms with Crippen LogP contribution < -0.4 is 0 Å². The minimum absolute atomic E-state index is 0.373. The summed E-state index contributed by atoms with van der Waals surface area (Å²) in [6, 6.07) is 0. The van der Waals surface area contributed by atoms with E-state index in [1.54, 1.807) is 0 Å². The summed E-state index contributed by atoms with van der Waals surface area (Å²) in [4.78, 5) is 3.26. The van der Waals surface area contributed by atoms with Crippen LogP contribution in [0.4, 0.5) is 22.0 Å². The number of aromatic nitrogens is 1. The molecule has 0 N–H and O–H groups in total. The Balaban J connectivity index is 3.53. The van der Waals surface area contributed by atoms with Crippen LogP contribution in [0.3, 0.4) is 0 Å². The summed E-state index contributed by atoms with van der Waals surface area (Å²) >= 11 is 5.21. The number of nitrogens with zero attached hydrogens (tertiary/aromatic N) is 1. The van der Waals surface area contributed by atoms with Crippen LogP contribution in [0, 0.1) is 6.92 Å². The lowest BCUT2D eigenvalue weighted by atomic mass is 10.1. The minimum atomic E-state index is -4.86. The van der Waals surface area contributed by atoms with Gasteiger partial charge >= 0.3 is 6.18 Å². The molecule has 0 amide bonds. The molecule has 0 radical (unpaired) electrons. The second-order valence-corrected chi connectivity index (χ2v) is 3.18.